The van der Waals surface area contributed by atoms with Crippen LogP contribution in [0, 0.1) is 5.41 Å². The van der Waals surface area contributed by atoms with Crippen LogP contribution in [0.2, 0.25) is 0 Å². The number of aliphatic hydroxyl groups is 1. The van der Waals surface area contributed by atoms with Gasteiger partial charge in [-0.15, -0.1) is 0 Å². The highest BCUT2D eigenvalue weighted by atomic mass is 32.1. The standard InChI is InChI=1S/C13H24N2O2S/c1-4-13(3,10(14)18)11(16)15-8-5-6-12(2,17)7-9-15/h17H,4-9H2,1-3H3,(H2,14,18). The van der Waals surface area contributed by atoms with Crippen LogP contribution >= 0.6 is 12.2 Å². The van der Waals surface area contributed by atoms with Gasteiger partial charge in [-0.2, -0.15) is 0 Å². The van der Waals surface area contributed by atoms with Crippen molar-refractivity contribution in [3.8, 4) is 0 Å². The number of hydrogen-bond acceptors (Lipinski definition) is 3. The number of carbonyl (C=O) groups is 1. The van der Waals surface area contributed by atoms with Crippen molar-refractivity contribution in [3.05, 3.63) is 0 Å². The third-order valence-corrected chi connectivity index (χ3v) is 4.52. The summed E-state index contributed by atoms with van der Waals surface area (Å²) >= 11 is 5.03. The molecule has 2 unspecified atom stereocenters. The van der Waals surface area contributed by atoms with Crippen molar-refractivity contribution in [1.82, 2.24) is 4.90 Å². The molecular formula is C13H24N2O2S. The van der Waals surface area contributed by atoms with E-state index in [9.17, 15) is 9.90 Å². The molecule has 0 saturated carbocycles. The fraction of sp³-hybridized carbons (Fsp3) is 0.846. The van der Waals surface area contributed by atoms with E-state index in [0.717, 1.165) is 12.8 Å². The molecular weight excluding hydrogens is 248 g/mol. The Bertz CT molecular complexity index is 344. The van der Waals surface area contributed by atoms with E-state index in [-0.39, 0.29) is 10.9 Å². The predicted octanol–water partition coefficient (Wildman–Crippen LogP) is 1.45. The lowest BCUT2D eigenvalue weighted by Crippen LogP contribution is -2.49. The minimum Gasteiger partial charge on any atom is -0.392 e. The molecule has 0 bridgehead atoms. The second kappa shape index (κ2) is 5.53. The van der Waals surface area contributed by atoms with Crippen LogP contribution in [0.1, 0.15) is 46.5 Å². The fourth-order valence-electron chi connectivity index (χ4n) is 2.25. The Morgan fingerprint density at radius 2 is 2.11 bits per heavy atom. The first kappa shape index (κ1) is 15.4. The third-order valence-electron chi connectivity index (χ3n) is 4.07. The lowest BCUT2D eigenvalue weighted by atomic mass is 9.85. The van der Waals surface area contributed by atoms with Crippen molar-refractivity contribution in [3.63, 3.8) is 0 Å². The second-order valence-corrected chi connectivity index (χ2v) is 6.13. The molecule has 1 rings (SSSR count). The molecule has 1 amide bonds. The summed E-state index contributed by atoms with van der Waals surface area (Å²) in [6, 6.07) is 0. The molecule has 2 atom stereocenters. The molecule has 1 fully saturated rings. The van der Waals surface area contributed by atoms with E-state index in [1.54, 1.807) is 11.8 Å². The Kier molecular flexibility index (Phi) is 4.72. The van der Waals surface area contributed by atoms with E-state index in [1.165, 1.54) is 0 Å². The molecule has 4 nitrogen and oxygen atoms in total. The molecule has 5 heteroatoms. The van der Waals surface area contributed by atoms with Gasteiger partial charge in [0.25, 0.3) is 0 Å². The zero-order chi connectivity index (χ0) is 14.0. The number of thiocarbonyl (C=S) groups is 1. The zero-order valence-corrected chi connectivity index (χ0v) is 12.3. The largest absolute Gasteiger partial charge is 0.392 e. The van der Waals surface area contributed by atoms with Crippen molar-refractivity contribution in [2.24, 2.45) is 11.1 Å². The van der Waals surface area contributed by atoms with E-state index >= 15 is 0 Å². The number of amides is 1. The first-order chi connectivity index (χ1) is 8.23. The van der Waals surface area contributed by atoms with Crippen molar-refractivity contribution in [1.29, 1.82) is 0 Å². The molecule has 104 valence electrons. The first-order valence-corrected chi connectivity index (χ1v) is 6.95. The average molecular weight is 272 g/mol. The normalized spacial score (nSPS) is 28.3. The maximum absolute atomic E-state index is 12.5. The summed E-state index contributed by atoms with van der Waals surface area (Å²) in [4.78, 5) is 14.6. The van der Waals surface area contributed by atoms with Gasteiger partial charge in [0.15, 0.2) is 0 Å². The molecule has 18 heavy (non-hydrogen) atoms. The van der Waals surface area contributed by atoms with E-state index in [1.807, 2.05) is 13.8 Å². The highest BCUT2D eigenvalue weighted by Crippen LogP contribution is 2.28. The van der Waals surface area contributed by atoms with Gasteiger partial charge in [-0.05, 0) is 39.5 Å². The maximum Gasteiger partial charge on any atom is 0.235 e. The quantitative estimate of drug-likeness (QED) is 0.763. The predicted molar refractivity (Wildman–Crippen MR) is 76.2 cm³/mol. The summed E-state index contributed by atoms with van der Waals surface area (Å²) in [7, 11) is 0. The summed E-state index contributed by atoms with van der Waals surface area (Å²) in [6.45, 7) is 6.80. The van der Waals surface area contributed by atoms with Crippen molar-refractivity contribution in [2.75, 3.05) is 13.1 Å². The van der Waals surface area contributed by atoms with E-state index in [2.05, 4.69) is 0 Å². The molecule has 0 aliphatic carbocycles. The SMILES string of the molecule is CCC(C)(C(=O)N1CCCC(C)(O)CC1)C(N)=S. The lowest BCUT2D eigenvalue weighted by Gasteiger charge is -2.32. The minimum absolute atomic E-state index is 0.00444. The van der Waals surface area contributed by atoms with Crippen molar-refractivity contribution < 1.29 is 9.90 Å². The molecule has 1 aliphatic rings. The van der Waals surface area contributed by atoms with Crippen LogP contribution in [-0.4, -0.2) is 39.6 Å². The summed E-state index contributed by atoms with van der Waals surface area (Å²) in [5.41, 5.74) is 4.29. The first-order valence-electron chi connectivity index (χ1n) is 6.54. The molecule has 0 aromatic heterocycles. The van der Waals surface area contributed by atoms with Gasteiger partial charge < -0.3 is 15.7 Å². The molecule has 0 aromatic rings. The Morgan fingerprint density at radius 1 is 1.50 bits per heavy atom. The number of carbonyl (C=O) groups excluding carboxylic acids is 1. The van der Waals surface area contributed by atoms with Crippen LogP contribution in [0.15, 0.2) is 0 Å². The highest BCUT2D eigenvalue weighted by molar-refractivity contribution is 7.80. The molecule has 3 N–H and O–H groups in total. The number of hydrogen-bond donors (Lipinski definition) is 2. The lowest BCUT2D eigenvalue weighted by molar-refractivity contribution is -0.137. The number of nitrogens with zero attached hydrogens (tertiary/aromatic N) is 1. The third kappa shape index (κ3) is 3.20. The fourth-order valence-corrected chi connectivity index (χ4v) is 2.48. The smallest absolute Gasteiger partial charge is 0.235 e. The summed E-state index contributed by atoms with van der Waals surface area (Å²) in [6.07, 6.45) is 2.76. The Balaban J connectivity index is 2.81. The molecule has 1 heterocycles. The maximum atomic E-state index is 12.5. The highest BCUT2D eigenvalue weighted by Gasteiger charge is 2.39. The van der Waals surface area contributed by atoms with Crippen LogP contribution in [0.3, 0.4) is 0 Å². The van der Waals surface area contributed by atoms with E-state index < -0.39 is 11.0 Å². The van der Waals surface area contributed by atoms with E-state index in [4.69, 9.17) is 18.0 Å². The Morgan fingerprint density at radius 3 is 2.61 bits per heavy atom. The van der Waals surface area contributed by atoms with Gasteiger partial charge in [0.1, 0.15) is 0 Å². The molecule has 1 saturated heterocycles. The Hall–Kier alpha value is -0.680. The van der Waals surface area contributed by atoms with Gasteiger partial charge in [-0.3, -0.25) is 4.79 Å². The molecule has 0 spiro atoms. The van der Waals surface area contributed by atoms with Gasteiger partial charge >= 0.3 is 0 Å². The van der Waals surface area contributed by atoms with E-state index in [0.29, 0.717) is 25.9 Å². The topological polar surface area (TPSA) is 66.6 Å². The molecule has 0 radical (unpaired) electrons. The molecule has 0 aromatic carbocycles. The van der Waals surface area contributed by atoms with Crippen LogP contribution in [0.25, 0.3) is 0 Å². The second-order valence-electron chi connectivity index (χ2n) is 5.69. The summed E-state index contributed by atoms with van der Waals surface area (Å²) in [5, 5.41) is 10.0. The summed E-state index contributed by atoms with van der Waals surface area (Å²) in [5.74, 6) is -0.00444. The zero-order valence-electron chi connectivity index (χ0n) is 11.5. The van der Waals surface area contributed by atoms with Gasteiger partial charge in [-0.25, -0.2) is 0 Å². The van der Waals surface area contributed by atoms with Gasteiger partial charge in [-0.1, -0.05) is 19.1 Å². The van der Waals surface area contributed by atoms with Gasteiger partial charge in [0, 0.05) is 13.1 Å². The van der Waals surface area contributed by atoms with Crippen LogP contribution < -0.4 is 5.73 Å². The van der Waals surface area contributed by atoms with Crippen LogP contribution in [0.5, 0.6) is 0 Å². The van der Waals surface area contributed by atoms with Crippen LogP contribution in [0.4, 0.5) is 0 Å². The molecule has 1 aliphatic heterocycles. The summed E-state index contributed by atoms with van der Waals surface area (Å²) < 4.78 is 0. The van der Waals surface area contributed by atoms with Crippen molar-refractivity contribution >= 4 is 23.1 Å². The minimum atomic E-state index is -0.758. The Labute approximate surface area is 115 Å². The van der Waals surface area contributed by atoms with Crippen LogP contribution in [-0.2, 0) is 4.79 Å². The average Bonchev–Trinajstić information content (AvgIpc) is 2.48. The van der Waals surface area contributed by atoms with Gasteiger partial charge in [0.2, 0.25) is 5.91 Å². The monoisotopic (exact) mass is 272 g/mol. The number of likely N-dealkylation sites (tertiary alicyclic amines) is 1. The number of rotatable bonds is 3. The number of nitrogens with two attached hydrogens (primary N) is 1. The van der Waals surface area contributed by atoms with Crippen molar-refractivity contribution in [2.45, 2.75) is 52.1 Å². The van der Waals surface area contributed by atoms with Gasteiger partial charge in [0.05, 0.1) is 16.0 Å².